The monoisotopic (exact) mass is 739 g/mol. The molecular formula is C51H25N5O2. The van der Waals surface area contributed by atoms with Crippen LogP contribution < -0.4 is 0 Å². The lowest BCUT2D eigenvalue weighted by Gasteiger charge is -2.15. The van der Waals surface area contributed by atoms with Crippen molar-refractivity contribution in [1.29, 1.82) is 15.8 Å². The van der Waals surface area contributed by atoms with Gasteiger partial charge in [-0.3, -0.25) is 0 Å². The van der Waals surface area contributed by atoms with Gasteiger partial charge in [-0.15, -0.1) is 0 Å². The van der Waals surface area contributed by atoms with E-state index in [9.17, 15) is 15.8 Å². The van der Waals surface area contributed by atoms with Crippen molar-refractivity contribution >= 4 is 87.5 Å². The van der Waals surface area contributed by atoms with Crippen LogP contribution in [-0.4, -0.2) is 9.13 Å². The van der Waals surface area contributed by atoms with Gasteiger partial charge in [-0.25, -0.2) is 0 Å². The number of hydrogen-bond acceptors (Lipinski definition) is 5. The molecule has 0 unspecified atom stereocenters. The Bertz CT molecular complexity index is 3910. The topological polar surface area (TPSA) is 108 Å². The van der Waals surface area contributed by atoms with E-state index in [0.29, 0.717) is 16.8 Å². The lowest BCUT2D eigenvalue weighted by Crippen LogP contribution is -2.02. The van der Waals surface area contributed by atoms with Gasteiger partial charge in [0.15, 0.2) is 0 Å². The van der Waals surface area contributed by atoms with Crippen LogP contribution in [0.4, 0.5) is 0 Å². The first-order chi connectivity index (χ1) is 28.6. The molecule has 4 aromatic heterocycles. The zero-order valence-electron chi connectivity index (χ0n) is 30.5. The molecule has 7 heteroatoms. The zero-order chi connectivity index (χ0) is 38.6. The summed E-state index contributed by atoms with van der Waals surface area (Å²) in [5.41, 5.74) is 10.5. The second kappa shape index (κ2) is 11.7. The number of nitriles is 3. The van der Waals surface area contributed by atoms with Crippen molar-refractivity contribution < 1.29 is 8.83 Å². The summed E-state index contributed by atoms with van der Waals surface area (Å²) in [6.07, 6.45) is 0. The number of aromatic nitrogens is 2. The van der Waals surface area contributed by atoms with Crippen molar-refractivity contribution in [3.63, 3.8) is 0 Å². The van der Waals surface area contributed by atoms with Crippen molar-refractivity contribution in [2.24, 2.45) is 0 Å². The van der Waals surface area contributed by atoms with Gasteiger partial charge in [-0.1, -0.05) is 72.8 Å². The second-order valence-corrected chi connectivity index (χ2v) is 14.7. The Balaban J connectivity index is 1.12. The van der Waals surface area contributed by atoms with Crippen LogP contribution in [-0.2, 0) is 0 Å². The number of fused-ring (bicyclic) bond motifs is 12. The molecule has 0 bridgehead atoms. The van der Waals surface area contributed by atoms with E-state index in [1.54, 1.807) is 6.07 Å². The second-order valence-electron chi connectivity index (χ2n) is 14.7. The fourth-order valence-electron chi connectivity index (χ4n) is 9.06. The zero-order valence-corrected chi connectivity index (χ0v) is 30.5. The molecule has 0 aliphatic heterocycles. The number of rotatable bonds is 3. The normalized spacial score (nSPS) is 11.7. The van der Waals surface area contributed by atoms with E-state index in [1.165, 1.54) is 0 Å². The van der Waals surface area contributed by atoms with Gasteiger partial charge >= 0.3 is 0 Å². The van der Waals surface area contributed by atoms with Gasteiger partial charge < -0.3 is 18.0 Å². The highest BCUT2D eigenvalue weighted by Gasteiger charge is 2.22. The third kappa shape index (κ3) is 4.34. The Morgan fingerprint density at radius 2 is 0.914 bits per heavy atom. The van der Waals surface area contributed by atoms with Crippen molar-refractivity contribution in [3.05, 3.63) is 168 Å². The van der Waals surface area contributed by atoms with Crippen molar-refractivity contribution in [1.82, 2.24) is 9.13 Å². The van der Waals surface area contributed by atoms with Crippen LogP contribution in [0.1, 0.15) is 16.7 Å². The van der Waals surface area contributed by atoms with E-state index < -0.39 is 0 Å². The van der Waals surface area contributed by atoms with Crippen LogP contribution in [0.5, 0.6) is 0 Å². The Hall–Kier alpha value is -8.57. The maximum absolute atomic E-state index is 10.7. The Labute approximate surface area is 329 Å². The molecule has 0 saturated heterocycles. The third-order valence-electron chi connectivity index (χ3n) is 11.6. The van der Waals surface area contributed by atoms with Crippen LogP contribution in [0.3, 0.4) is 0 Å². The summed E-state index contributed by atoms with van der Waals surface area (Å²) in [5.74, 6) is 0. The predicted octanol–water partition coefficient (Wildman–Crippen LogP) is 13.0. The van der Waals surface area contributed by atoms with Crippen LogP contribution in [0.2, 0.25) is 0 Å². The number of hydrogen-bond donors (Lipinski definition) is 0. The van der Waals surface area contributed by atoms with E-state index in [-0.39, 0.29) is 11.1 Å². The lowest BCUT2D eigenvalue weighted by molar-refractivity contribution is 0.669. The smallest absolute Gasteiger partial charge is 0.137 e. The molecule has 7 nitrogen and oxygen atoms in total. The molecule has 0 aliphatic rings. The average molecular weight is 740 g/mol. The number of nitrogens with zero attached hydrogens (tertiary/aromatic N) is 5. The molecule has 8 aromatic carbocycles. The summed E-state index contributed by atoms with van der Waals surface area (Å²) in [6, 6.07) is 57.4. The first-order valence-electron chi connectivity index (χ1n) is 18.8. The Kier molecular flexibility index (Phi) is 6.41. The van der Waals surface area contributed by atoms with Crippen molar-refractivity contribution in [2.75, 3.05) is 0 Å². The third-order valence-corrected chi connectivity index (χ3v) is 11.6. The molecule has 0 amide bonds. The molecule has 0 atom stereocenters. The number of furan rings is 2. The van der Waals surface area contributed by atoms with E-state index in [4.69, 9.17) is 8.83 Å². The van der Waals surface area contributed by atoms with Crippen LogP contribution in [0.15, 0.2) is 160 Å². The van der Waals surface area contributed by atoms with Gasteiger partial charge in [0.25, 0.3) is 0 Å². The highest BCUT2D eigenvalue weighted by molar-refractivity contribution is 6.19. The Morgan fingerprint density at radius 3 is 1.50 bits per heavy atom. The minimum absolute atomic E-state index is 0.235. The molecular weight excluding hydrogens is 715 g/mol. The summed E-state index contributed by atoms with van der Waals surface area (Å²) < 4.78 is 16.9. The summed E-state index contributed by atoms with van der Waals surface area (Å²) >= 11 is 0. The van der Waals surface area contributed by atoms with Crippen molar-refractivity contribution in [2.45, 2.75) is 0 Å². The molecule has 0 aliphatic carbocycles. The predicted molar refractivity (Wildman–Crippen MR) is 229 cm³/mol. The molecule has 0 saturated carbocycles. The average Bonchev–Trinajstić information content (AvgIpc) is 4.01. The Morgan fingerprint density at radius 1 is 0.379 bits per heavy atom. The summed E-state index contributed by atoms with van der Waals surface area (Å²) in [7, 11) is 0. The van der Waals surface area contributed by atoms with Gasteiger partial charge in [-0.05, 0) is 77.9 Å². The van der Waals surface area contributed by atoms with Gasteiger partial charge in [0.05, 0.1) is 50.5 Å². The molecule has 0 spiro atoms. The largest absolute Gasteiger partial charge is 0.456 e. The maximum Gasteiger partial charge on any atom is 0.137 e. The fraction of sp³-hybridized carbons (Fsp3) is 0. The minimum Gasteiger partial charge on any atom is -0.456 e. The maximum atomic E-state index is 10.7. The van der Waals surface area contributed by atoms with Crippen LogP contribution in [0.25, 0.3) is 110 Å². The van der Waals surface area contributed by atoms with Gasteiger partial charge in [0.2, 0.25) is 0 Å². The quantitative estimate of drug-likeness (QED) is 0.179. The van der Waals surface area contributed by atoms with Gasteiger partial charge in [0, 0.05) is 60.9 Å². The van der Waals surface area contributed by atoms with E-state index in [0.717, 1.165) is 98.7 Å². The van der Waals surface area contributed by atoms with Gasteiger partial charge in [0.1, 0.15) is 34.5 Å². The minimum atomic E-state index is 0.235. The lowest BCUT2D eigenvalue weighted by atomic mass is 9.96. The van der Waals surface area contributed by atoms with Crippen LogP contribution in [0, 0.1) is 34.0 Å². The SMILES string of the molecule is N#Cc1cc(-c2cc(C#N)c(C#N)c(-n3c4ccccc4c4cc5c(cc43)oc3ccccc35)c2)cc(-n2c3ccccc3c3cc4c(cc32)oc2ccccc24)c1. The first-order valence-corrected chi connectivity index (χ1v) is 18.8. The van der Waals surface area contributed by atoms with E-state index in [2.05, 4.69) is 75.9 Å². The molecule has 266 valence electrons. The molecule has 0 fully saturated rings. The summed E-state index contributed by atoms with van der Waals surface area (Å²) in [6.45, 7) is 0. The standard InChI is InChI=1S/C51H25N5O2/c52-26-29-17-30(20-33(18-29)55-43-13-5-1-9-34(43)38-22-40-36-11-3-7-15-48(36)57-50(40)24-46(38)55)31-19-32(27-53)42(28-54)45(21-31)56-44-14-6-2-10-35(44)39-23-41-37-12-4-8-16-49(37)58-51(41)25-47(39)56/h1-25H. The highest BCUT2D eigenvalue weighted by atomic mass is 16.3. The molecule has 4 heterocycles. The fourth-order valence-corrected chi connectivity index (χ4v) is 9.06. The molecule has 0 radical (unpaired) electrons. The number of benzene rings is 8. The summed E-state index contributed by atoms with van der Waals surface area (Å²) in [4.78, 5) is 0. The van der Waals surface area contributed by atoms with Crippen LogP contribution >= 0.6 is 0 Å². The van der Waals surface area contributed by atoms with E-state index >= 15 is 0 Å². The van der Waals surface area contributed by atoms with Gasteiger partial charge in [-0.2, -0.15) is 15.8 Å². The molecule has 58 heavy (non-hydrogen) atoms. The number of para-hydroxylation sites is 4. The summed E-state index contributed by atoms with van der Waals surface area (Å²) in [5, 5.41) is 40.0. The van der Waals surface area contributed by atoms with E-state index in [1.807, 2.05) is 97.1 Å². The first kappa shape index (κ1) is 31.7. The molecule has 12 aromatic rings. The highest BCUT2D eigenvalue weighted by Crippen LogP contribution is 2.42. The molecule has 12 rings (SSSR count). The van der Waals surface area contributed by atoms with Crippen molar-refractivity contribution in [3.8, 4) is 40.7 Å². The molecule has 0 N–H and O–H groups in total.